The third-order valence-electron chi connectivity index (χ3n) is 2.84. The van der Waals surface area contributed by atoms with E-state index in [4.69, 9.17) is 15.6 Å². The number of hydrogen-bond acceptors (Lipinski definition) is 3. The average Bonchev–Trinajstić information content (AvgIpc) is 2.25. The Balaban J connectivity index is 2.93. The fourth-order valence-electron chi connectivity index (χ4n) is 2.06. The van der Waals surface area contributed by atoms with E-state index >= 15 is 0 Å². The minimum atomic E-state index is -0.815. The Morgan fingerprint density at radius 2 is 1.94 bits per heavy atom. The molecule has 1 atom stereocenters. The maximum absolute atomic E-state index is 10.5. The molecule has 1 aromatic rings. The molecule has 4 heteroatoms. The molecule has 4 nitrogen and oxygen atoms in total. The van der Waals surface area contributed by atoms with E-state index in [1.807, 2.05) is 26.0 Å². The highest BCUT2D eigenvalue weighted by molar-refractivity contribution is 5.66. The highest BCUT2D eigenvalue weighted by Crippen LogP contribution is 2.27. The number of methoxy groups -OCH3 is 1. The molecule has 0 fully saturated rings. The van der Waals surface area contributed by atoms with Gasteiger partial charge in [-0.05, 0) is 49.1 Å². The first-order valence-corrected chi connectivity index (χ1v) is 5.58. The lowest BCUT2D eigenvalue weighted by atomic mass is 9.93. The van der Waals surface area contributed by atoms with Crippen molar-refractivity contribution < 1.29 is 14.6 Å². The molecule has 3 N–H and O–H groups in total. The zero-order chi connectivity index (χ0) is 13.0. The van der Waals surface area contributed by atoms with Gasteiger partial charge in [-0.15, -0.1) is 0 Å². The molecular formula is C13H19NO3. The number of carbonyl (C=O) groups is 1. The fourth-order valence-corrected chi connectivity index (χ4v) is 2.06. The van der Waals surface area contributed by atoms with Crippen molar-refractivity contribution in [3.63, 3.8) is 0 Å². The van der Waals surface area contributed by atoms with E-state index in [9.17, 15) is 4.79 Å². The summed E-state index contributed by atoms with van der Waals surface area (Å²) in [6.45, 7) is 3.93. The maximum Gasteiger partial charge on any atom is 0.303 e. The predicted molar refractivity (Wildman–Crippen MR) is 66.3 cm³/mol. The summed E-state index contributed by atoms with van der Waals surface area (Å²) in [6.07, 6.45) is 0.537. The normalized spacial score (nSPS) is 12.2. The number of aryl methyl sites for hydroxylation is 2. The Kier molecular flexibility index (Phi) is 4.52. The summed E-state index contributed by atoms with van der Waals surface area (Å²) in [4.78, 5) is 10.5. The number of nitrogens with two attached hydrogens (primary N) is 1. The minimum Gasteiger partial charge on any atom is -0.497 e. The number of aliphatic carboxylic acids is 1. The highest BCUT2D eigenvalue weighted by Gasteiger charge is 2.14. The summed E-state index contributed by atoms with van der Waals surface area (Å²) in [5, 5.41) is 8.65. The van der Waals surface area contributed by atoms with Gasteiger partial charge in [-0.25, -0.2) is 0 Å². The number of benzene rings is 1. The Labute approximate surface area is 101 Å². The largest absolute Gasteiger partial charge is 0.497 e. The molecule has 0 aromatic heterocycles. The molecule has 0 saturated carbocycles. The van der Waals surface area contributed by atoms with Gasteiger partial charge in [-0.2, -0.15) is 0 Å². The Morgan fingerprint density at radius 1 is 1.41 bits per heavy atom. The molecular weight excluding hydrogens is 218 g/mol. The third kappa shape index (κ3) is 3.46. The van der Waals surface area contributed by atoms with Crippen LogP contribution in [0.3, 0.4) is 0 Å². The van der Waals surface area contributed by atoms with Gasteiger partial charge in [-0.1, -0.05) is 0 Å². The molecule has 1 unspecified atom stereocenters. The van der Waals surface area contributed by atoms with Crippen LogP contribution < -0.4 is 10.5 Å². The quantitative estimate of drug-likeness (QED) is 0.823. The first-order chi connectivity index (χ1) is 7.95. The molecule has 94 valence electrons. The summed E-state index contributed by atoms with van der Waals surface area (Å²) < 4.78 is 5.17. The lowest BCUT2D eigenvalue weighted by Gasteiger charge is -2.18. The number of hydrogen-bond donors (Lipinski definition) is 2. The van der Waals surface area contributed by atoms with Crippen LogP contribution in [0.1, 0.15) is 35.6 Å². The van der Waals surface area contributed by atoms with E-state index in [2.05, 4.69) is 0 Å². The molecule has 0 aliphatic rings. The maximum atomic E-state index is 10.5. The van der Waals surface area contributed by atoms with Gasteiger partial charge in [0.25, 0.3) is 0 Å². The van der Waals surface area contributed by atoms with Crippen LogP contribution >= 0.6 is 0 Å². The highest BCUT2D eigenvalue weighted by atomic mass is 16.5. The summed E-state index contributed by atoms with van der Waals surface area (Å²) in [6, 6.07) is 3.60. The van der Waals surface area contributed by atoms with Gasteiger partial charge in [0.05, 0.1) is 7.11 Å². The second kappa shape index (κ2) is 5.68. The van der Waals surface area contributed by atoms with Crippen LogP contribution in [-0.4, -0.2) is 18.2 Å². The van der Waals surface area contributed by atoms with Crippen molar-refractivity contribution in [2.45, 2.75) is 32.7 Å². The van der Waals surface area contributed by atoms with E-state index in [0.29, 0.717) is 6.42 Å². The zero-order valence-electron chi connectivity index (χ0n) is 10.5. The molecule has 0 aliphatic carbocycles. The van der Waals surface area contributed by atoms with E-state index in [0.717, 1.165) is 22.4 Å². The van der Waals surface area contributed by atoms with Gasteiger partial charge >= 0.3 is 5.97 Å². The van der Waals surface area contributed by atoms with Crippen LogP contribution in [0.5, 0.6) is 5.75 Å². The van der Waals surface area contributed by atoms with Crippen molar-refractivity contribution in [3.05, 3.63) is 28.8 Å². The first kappa shape index (κ1) is 13.5. The fraction of sp³-hybridized carbons (Fsp3) is 0.462. The third-order valence-corrected chi connectivity index (χ3v) is 2.84. The van der Waals surface area contributed by atoms with Gasteiger partial charge < -0.3 is 15.6 Å². The summed E-state index contributed by atoms with van der Waals surface area (Å²) in [5.74, 6) is -0.0153. The number of carboxylic acids is 1. The Morgan fingerprint density at radius 3 is 2.35 bits per heavy atom. The summed E-state index contributed by atoms with van der Waals surface area (Å²) >= 11 is 0. The predicted octanol–water partition coefficient (Wildman–Crippen LogP) is 2.18. The van der Waals surface area contributed by atoms with Crippen molar-refractivity contribution >= 4 is 5.97 Å². The van der Waals surface area contributed by atoms with Crippen molar-refractivity contribution in [1.29, 1.82) is 0 Å². The first-order valence-electron chi connectivity index (χ1n) is 5.58. The smallest absolute Gasteiger partial charge is 0.303 e. The van der Waals surface area contributed by atoms with Gasteiger partial charge in [0, 0.05) is 12.5 Å². The molecule has 0 saturated heterocycles. The summed E-state index contributed by atoms with van der Waals surface area (Å²) in [5.41, 5.74) is 9.14. The number of rotatable bonds is 5. The SMILES string of the molecule is COc1cc(C)c(C(N)CCC(=O)O)c(C)c1. The average molecular weight is 237 g/mol. The summed E-state index contributed by atoms with van der Waals surface area (Å²) in [7, 11) is 1.62. The van der Waals surface area contributed by atoms with Crippen molar-refractivity contribution in [3.8, 4) is 5.75 Å². The van der Waals surface area contributed by atoms with Crippen LogP contribution in [0.25, 0.3) is 0 Å². The molecule has 0 radical (unpaired) electrons. The molecule has 1 rings (SSSR count). The van der Waals surface area contributed by atoms with Crippen molar-refractivity contribution in [2.75, 3.05) is 7.11 Å². The van der Waals surface area contributed by atoms with E-state index in [-0.39, 0.29) is 12.5 Å². The Bertz CT molecular complexity index is 392. The molecule has 0 aliphatic heterocycles. The number of carboxylic acid groups (broad SMARTS) is 1. The Hall–Kier alpha value is -1.55. The van der Waals surface area contributed by atoms with E-state index < -0.39 is 5.97 Å². The van der Waals surface area contributed by atoms with Crippen molar-refractivity contribution in [2.24, 2.45) is 5.73 Å². The van der Waals surface area contributed by atoms with Crippen LogP contribution in [0, 0.1) is 13.8 Å². The monoisotopic (exact) mass is 237 g/mol. The lowest BCUT2D eigenvalue weighted by Crippen LogP contribution is -2.15. The zero-order valence-corrected chi connectivity index (χ0v) is 10.5. The standard InChI is InChI=1S/C13H19NO3/c1-8-6-10(17-3)7-9(2)13(8)11(14)4-5-12(15)16/h6-7,11H,4-5,14H2,1-3H3,(H,15,16). The second-order valence-corrected chi connectivity index (χ2v) is 4.21. The molecule has 0 heterocycles. The molecule has 17 heavy (non-hydrogen) atoms. The van der Waals surface area contributed by atoms with Crippen LogP contribution in [0.15, 0.2) is 12.1 Å². The van der Waals surface area contributed by atoms with E-state index in [1.54, 1.807) is 7.11 Å². The van der Waals surface area contributed by atoms with Crippen LogP contribution in [0.2, 0.25) is 0 Å². The number of ether oxygens (including phenoxy) is 1. The second-order valence-electron chi connectivity index (χ2n) is 4.21. The van der Waals surface area contributed by atoms with Crippen LogP contribution in [0.4, 0.5) is 0 Å². The van der Waals surface area contributed by atoms with E-state index in [1.165, 1.54) is 0 Å². The molecule has 0 spiro atoms. The molecule has 1 aromatic carbocycles. The molecule has 0 amide bonds. The van der Waals surface area contributed by atoms with Crippen molar-refractivity contribution in [1.82, 2.24) is 0 Å². The van der Waals surface area contributed by atoms with Gasteiger partial charge in [0.2, 0.25) is 0 Å². The lowest BCUT2D eigenvalue weighted by molar-refractivity contribution is -0.137. The van der Waals surface area contributed by atoms with Gasteiger partial charge in [-0.3, -0.25) is 4.79 Å². The van der Waals surface area contributed by atoms with Gasteiger partial charge in [0.1, 0.15) is 5.75 Å². The molecule has 0 bridgehead atoms. The topological polar surface area (TPSA) is 72.5 Å². The minimum absolute atomic E-state index is 0.0894. The van der Waals surface area contributed by atoms with Gasteiger partial charge in [0.15, 0.2) is 0 Å². The van der Waals surface area contributed by atoms with Crippen LogP contribution in [-0.2, 0) is 4.79 Å².